The number of anilines is 1. The molecular weight excluding hydrogens is 415 g/mol. The van der Waals surface area contributed by atoms with Gasteiger partial charge in [-0.2, -0.15) is 13.2 Å². The zero-order chi connectivity index (χ0) is 21.7. The molecule has 5 nitrogen and oxygen atoms in total. The maximum atomic E-state index is 13.3. The summed E-state index contributed by atoms with van der Waals surface area (Å²) in [5, 5.41) is 2.58. The van der Waals surface area contributed by atoms with Gasteiger partial charge < -0.3 is 10.1 Å². The molecule has 0 fully saturated rings. The van der Waals surface area contributed by atoms with E-state index in [2.05, 4.69) is 15.3 Å². The van der Waals surface area contributed by atoms with Crippen LogP contribution < -0.4 is 10.1 Å². The normalized spacial score (nSPS) is 11.2. The number of ether oxygens (including phenoxy) is 1. The molecule has 0 aliphatic heterocycles. The molecule has 1 amide bonds. The largest absolute Gasteiger partial charge is 0.497 e. The summed E-state index contributed by atoms with van der Waals surface area (Å²) >= 11 is 0.840. The van der Waals surface area contributed by atoms with E-state index in [1.165, 1.54) is 7.11 Å². The van der Waals surface area contributed by atoms with Crippen LogP contribution in [-0.4, -0.2) is 28.7 Å². The molecule has 0 aliphatic carbocycles. The van der Waals surface area contributed by atoms with Crippen LogP contribution in [0.15, 0.2) is 59.8 Å². The van der Waals surface area contributed by atoms with E-state index in [0.717, 1.165) is 23.4 Å². The number of thioether (sulfide) groups is 1. The average molecular weight is 433 g/mol. The number of carbonyl (C=O) groups excluding carboxylic acids is 1. The van der Waals surface area contributed by atoms with Gasteiger partial charge in [0.05, 0.1) is 18.6 Å². The van der Waals surface area contributed by atoms with Crippen LogP contribution >= 0.6 is 11.8 Å². The van der Waals surface area contributed by atoms with Gasteiger partial charge in [0.15, 0.2) is 5.16 Å². The first-order chi connectivity index (χ1) is 14.2. The second kappa shape index (κ2) is 9.17. The highest BCUT2D eigenvalue weighted by Gasteiger charge is 2.34. The number of benzene rings is 2. The van der Waals surface area contributed by atoms with Gasteiger partial charge >= 0.3 is 6.18 Å². The molecule has 0 spiro atoms. The average Bonchev–Trinajstić information content (AvgIpc) is 2.71. The molecule has 3 rings (SSSR count). The minimum Gasteiger partial charge on any atom is -0.497 e. The molecule has 2 aromatic carbocycles. The van der Waals surface area contributed by atoms with Crippen molar-refractivity contribution in [2.75, 3.05) is 18.2 Å². The number of hydrogen-bond donors (Lipinski definition) is 1. The number of aromatic nitrogens is 2. The smallest absolute Gasteiger partial charge is 0.433 e. The van der Waals surface area contributed by atoms with E-state index >= 15 is 0 Å². The Bertz CT molecular complexity index is 1040. The predicted octanol–water partition coefficient (Wildman–Crippen LogP) is 5.21. The first-order valence-corrected chi connectivity index (χ1v) is 9.83. The third-order valence-corrected chi connectivity index (χ3v) is 4.86. The third-order valence-electron chi connectivity index (χ3n) is 4.02. The maximum Gasteiger partial charge on any atom is 0.433 e. The SMILES string of the molecule is COc1ccc(-c2cc(C(F)(F)F)nc(SCC(=O)Nc3cccc(C)c3)n2)cc1. The second-order valence-corrected chi connectivity index (χ2v) is 7.30. The Morgan fingerprint density at radius 2 is 1.83 bits per heavy atom. The molecule has 156 valence electrons. The highest BCUT2D eigenvalue weighted by atomic mass is 32.2. The van der Waals surface area contributed by atoms with Crippen LogP contribution in [0.3, 0.4) is 0 Å². The second-order valence-electron chi connectivity index (χ2n) is 6.35. The number of carbonyl (C=O) groups is 1. The minimum absolute atomic E-state index is 0.113. The Balaban J connectivity index is 1.80. The van der Waals surface area contributed by atoms with Gasteiger partial charge in [-0.15, -0.1) is 0 Å². The van der Waals surface area contributed by atoms with Crippen LogP contribution in [0.5, 0.6) is 5.75 Å². The van der Waals surface area contributed by atoms with E-state index in [1.807, 2.05) is 13.0 Å². The molecule has 0 bridgehead atoms. The Morgan fingerprint density at radius 1 is 1.10 bits per heavy atom. The van der Waals surface area contributed by atoms with Gasteiger partial charge in [-0.3, -0.25) is 4.79 Å². The van der Waals surface area contributed by atoms with Crippen molar-refractivity contribution in [3.8, 4) is 17.0 Å². The fourth-order valence-corrected chi connectivity index (χ4v) is 3.25. The van der Waals surface area contributed by atoms with Gasteiger partial charge in [0.25, 0.3) is 0 Å². The zero-order valence-electron chi connectivity index (χ0n) is 16.2. The molecular formula is C21H18F3N3O2S. The number of amides is 1. The van der Waals surface area contributed by atoms with Crippen molar-refractivity contribution >= 4 is 23.4 Å². The van der Waals surface area contributed by atoms with Crippen LogP contribution in [0, 0.1) is 6.92 Å². The van der Waals surface area contributed by atoms with Crippen molar-refractivity contribution in [1.29, 1.82) is 0 Å². The Morgan fingerprint density at radius 3 is 2.47 bits per heavy atom. The number of nitrogens with one attached hydrogen (secondary N) is 1. The van der Waals surface area contributed by atoms with E-state index < -0.39 is 11.9 Å². The molecule has 0 unspecified atom stereocenters. The fraction of sp³-hybridized carbons (Fsp3) is 0.190. The summed E-state index contributed by atoms with van der Waals surface area (Å²) in [6.45, 7) is 1.89. The number of halogens is 3. The lowest BCUT2D eigenvalue weighted by Crippen LogP contribution is -2.15. The number of methoxy groups -OCH3 is 1. The van der Waals surface area contributed by atoms with Crippen LogP contribution in [0.25, 0.3) is 11.3 Å². The number of alkyl halides is 3. The van der Waals surface area contributed by atoms with Crippen molar-refractivity contribution in [3.63, 3.8) is 0 Å². The molecule has 9 heteroatoms. The number of nitrogens with zero attached hydrogens (tertiary/aromatic N) is 2. The molecule has 1 heterocycles. The highest BCUT2D eigenvalue weighted by molar-refractivity contribution is 7.99. The van der Waals surface area contributed by atoms with Gasteiger partial charge in [0.2, 0.25) is 5.91 Å². The van der Waals surface area contributed by atoms with Crippen LogP contribution in [0.1, 0.15) is 11.3 Å². The van der Waals surface area contributed by atoms with Gasteiger partial charge in [0.1, 0.15) is 11.4 Å². The predicted molar refractivity (Wildman–Crippen MR) is 110 cm³/mol. The van der Waals surface area contributed by atoms with Crippen molar-refractivity contribution in [3.05, 3.63) is 65.9 Å². The van der Waals surface area contributed by atoms with Crippen molar-refractivity contribution < 1.29 is 22.7 Å². The molecule has 0 atom stereocenters. The Hall–Kier alpha value is -3.07. The molecule has 30 heavy (non-hydrogen) atoms. The lowest BCUT2D eigenvalue weighted by atomic mass is 10.1. The molecule has 3 aromatic rings. The Kier molecular flexibility index (Phi) is 6.61. The van der Waals surface area contributed by atoms with Gasteiger partial charge in [0, 0.05) is 11.3 Å². The molecule has 0 saturated heterocycles. The molecule has 1 N–H and O–H groups in total. The Labute approximate surface area is 175 Å². The maximum absolute atomic E-state index is 13.3. The van der Waals surface area contributed by atoms with E-state index in [0.29, 0.717) is 17.0 Å². The van der Waals surface area contributed by atoms with Crippen LogP contribution in [0.2, 0.25) is 0 Å². The van der Waals surface area contributed by atoms with E-state index in [-0.39, 0.29) is 22.5 Å². The van der Waals surface area contributed by atoms with E-state index in [4.69, 9.17) is 4.74 Å². The molecule has 1 aromatic heterocycles. The van der Waals surface area contributed by atoms with Gasteiger partial charge in [-0.25, -0.2) is 9.97 Å². The quantitative estimate of drug-likeness (QED) is 0.427. The van der Waals surface area contributed by atoms with Crippen molar-refractivity contribution in [2.24, 2.45) is 0 Å². The summed E-state index contributed by atoms with van der Waals surface area (Å²) in [4.78, 5) is 20.0. The van der Waals surface area contributed by atoms with Crippen LogP contribution in [-0.2, 0) is 11.0 Å². The number of rotatable bonds is 6. The first kappa shape index (κ1) is 21.6. The topological polar surface area (TPSA) is 64.1 Å². The van der Waals surface area contributed by atoms with Gasteiger partial charge in [-0.05, 0) is 55.0 Å². The summed E-state index contributed by atoms with van der Waals surface area (Å²) in [5.41, 5.74) is 1.12. The third kappa shape index (κ3) is 5.73. The highest BCUT2D eigenvalue weighted by Crippen LogP contribution is 2.32. The van der Waals surface area contributed by atoms with Crippen molar-refractivity contribution in [2.45, 2.75) is 18.3 Å². The van der Waals surface area contributed by atoms with Gasteiger partial charge in [-0.1, -0.05) is 23.9 Å². The summed E-state index contributed by atoms with van der Waals surface area (Å²) < 4.78 is 45.0. The molecule has 0 aliphatic rings. The lowest BCUT2D eigenvalue weighted by molar-refractivity contribution is -0.141. The van der Waals surface area contributed by atoms with Crippen molar-refractivity contribution in [1.82, 2.24) is 9.97 Å². The fourth-order valence-electron chi connectivity index (χ4n) is 2.59. The summed E-state index contributed by atoms with van der Waals surface area (Å²) in [6, 6.07) is 14.6. The monoisotopic (exact) mass is 433 g/mol. The minimum atomic E-state index is -4.64. The standard InChI is InChI=1S/C21H18F3N3O2S/c1-13-4-3-5-15(10-13)25-19(28)12-30-20-26-17(11-18(27-20)21(22,23)24)14-6-8-16(29-2)9-7-14/h3-11H,12H2,1-2H3,(H,25,28). The first-order valence-electron chi connectivity index (χ1n) is 8.84. The zero-order valence-corrected chi connectivity index (χ0v) is 17.0. The van der Waals surface area contributed by atoms with Crippen LogP contribution in [0.4, 0.5) is 18.9 Å². The molecule has 0 saturated carbocycles. The summed E-state index contributed by atoms with van der Waals surface area (Å²) in [5.74, 6) is 0.0843. The summed E-state index contributed by atoms with van der Waals surface area (Å²) in [6.07, 6.45) is -4.64. The number of aryl methyl sites for hydroxylation is 1. The van der Waals surface area contributed by atoms with E-state index in [1.54, 1.807) is 42.5 Å². The van der Waals surface area contributed by atoms with E-state index in [9.17, 15) is 18.0 Å². The molecule has 0 radical (unpaired) electrons. The summed E-state index contributed by atoms with van der Waals surface area (Å²) in [7, 11) is 1.50. The number of hydrogen-bond acceptors (Lipinski definition) is 5. The lowest BCUT2D eigenvalue weighted by Gasteiger charge is -2.11.